The molecule has 0 fully saturated rings. The molecule has 0 aliphatic heterocycles. The highest BCUT2D eigenvalue weighted by molar-refractivity contribution is 5.15. The zero-order valence-corrected chi connectivity index (χ0v) is 6.47. The Balaban J connectivity index is 2.26. The van der Waals surface area contributed by atoms with Gasteiger partial charge in [0.05, 0.1) is 6.61 Å². The van der Waals surface area contributed by atoms with Gasteiger partial charge in [-0.25, -0.2) is 0 Å². The monoisotopic (exact) mass is 138 g/mol. The number of ether oxygens (including phenoxy) is 1. The molecule has 0 spiro atoms. The molecule has 1 nitrogen and oxygen atoms in total. The van der Waals surface area contributed by atoms with Crippen molar-refractivity contribution in [1.29, 1.82) is 0 Å². The summed E-state index contributed by atoms with van der Waals surface area (Å²) in [5.74, 6) is 1.05. The molecule has 1 aliphatic carbocycles. The third kappa shape index (κ3) is 2.26. The minimum absolute atomic E-state index is 0.843. The first kappa shape index (κ1) is 7.39. The van der Waals surface area contributed by atoms with E-state index < -0.39 is 0 Å². The molecule has 0 saturated carbocycles. The lowest BCUT2D eigenvalue weighted by molar-refractivity contribution is 0.222. The molecule has 0 bridgehead atoms. The third-order valence-electron chi connectivity index (χ3n) is 1.43. The summed E-state index contributed by atoms with van der Waals surface area (Å²) in [6.07, 6.45) is 9.75. The highest BCUT2D eigenvalue weighted by atomic mass is 16.5. The van der Waals surface area contributed by atoms with Crippen molar-refractivity contribution in [3.05, 3.63) is 24.0 Å². The Morgan fingerprint density at radius 2 is 2.40 bits per heavy atom. The first-order valence-corrected chi connectivity index (χ1v) is 3.93. The van der Waals surface area contributed by atoms with E-state index in [1.807, 2.05) is 0 Å². The summed E-state index contributed by atoms with van der Waals surface area (Å²) in [5, 5.41) is 0. The van der Waals surface area contributed by atoms with E-state index in [0.29, 0.717) is 0 Å². The van der Waals surface area contributed by atoms with E-state index in [-0.39, 0.29) is 0 Å². The van der Waals surface area contributed by atoms with E-state index in [4.69, 9.17) is 4.74 Å². The minimum atomic E-state index is 0.843. The molecule has 56 valence electrons. The number of hydrogen-bond donors (Lipinski definition) is 0. The molecule has 0 radical (unpaired) electrons. The van der Waals surface area contributed by atoms with Gasteiger partial charge in [-0.15, -0.1) is 0 Å². The molecule has 0 heterocycles. The second-order valence-electron chi connectivity index (χ2n) is 2.43. The summed E-state index contributed by atoms with van der Waals surface area (Å²) in [4.78, 5) is 0. The van der Waals surface area contributed by atoms with Crippen molar-refractivity contribution in [2.45, 2.75) is 26.2 Å². The second kappa shape index (κ2) is 4.15. The van der Waals surface area contributed by atoms with Gasteiger partial charge in [0.25, 0.3) is 0 Å². The minimum Gasteiger partial charge on any atom is -0.494 e. The van der Waals surface area contributed by atoms with Crippen LogP contribution in [0.1, 0.15) is 26.2 Å². The molecule has 0 N–H and O–H groups in total. The molecule has 1 rings (SSSR count). The van der Waals surface area contributed by atoms with Gasteiger partial charge in [0, 0.05) is 0 Å². The van der Waals surface area contributed by atoms with E-state index in [0.717, 1.165) is 25.2 Å². The van der Waals surface area contributed by atoms with Crippen LogP contribution < -0.4 is 0 Å². The molecule has 1 heteroatoms. The van der Waals surface area contributed by atoms with Gasteiger partial charge in [-0.1, -0.05) is 13.0 Å². The molecule has 0 amide bonds. The quantitative estimate of drug-likeness (QED) is 0.582. The summed E-state index contributed by atoms with van der Waals surface area (Å²) in [7, 11) is 0. The predicted octanol–water partition coefficient (Wildman–Crippen LogP) is 2.65. The largest absolute Gasteiger partial charge is 0.494 e. The summed E-state index contributed by atoms with van der Waals surface area (Å²) < 4.78 is 5.41. The van der Waals surface area contributed by atoms with E-state index >= 15 is 0 Å². The Morgan fingerprint density at radius 3 is 3.00 bits per heavy atom. The number of allylic oxidation sites excluding steroid dienone is 3. The Labute approximate surface area is 62.4 Å². The van der Waals surface area contributed by atoms with Gasteiger partial charge in [0.2, 0.25) is 0 Å². The number of rotatable bonds is 3. The zero-order chi connectivity index (χ0) is 7.23. The van der Waals surface area contributed by atoms with Crippen LogP contribution in [-0.4, -0.2) is 6.61 Å². The first-order valence-electron chi connectivity index (χ1n) is 3.93. The van der Waals surface area contributed by atoms with Crippen molar-refractivity contribution in [1.82, 2.24) is 0 Å². The van der Waals surface area contributed by atoms with Crippen LogP contribution in [0.3, 0.4) is 0 Å². The van der Waals surface area contributed by atoms with E-state index in [9.17, 15) is 0 Å². The Kier molecular flexibility index (Phi) is 3.07. The summed E-state index contributed by atoms with van der Waals surface area (Å²) in [6, 6.07) is 0. The van der Waals surface area contributed by atoms with Crippen molar-refractivity contribution in [3.63, 3.8) is 0 Å². The van der Waals surface area contributed by atoms with Gasteiger partial charge < -0.3 is 4.74 Å². The fourth-order valence-corrected chi connectivity index (χ4v) is 0.916. The summed E-state index contributed by atoms with van der Waals surface area (Å²) in [5.41, 5.74) is 0. The van der Waals surface area contributed by atoms with Crippen molar-refractivity contribution in [2.75, 3.05) is 6.61 Å². The first-order chi connectivity index (χ1) is 4.93. The fourth-order valence-electron chi connectivity index (χ4n) is 0.916. The predicted molar refractivity (Wildman–Crippen MR) is 42.7 cm³/mol. The SMILES string of the molecule is CCCOC1=CCCC=C1. The highest BCUT2D eigenvalue weighted by Gasteiger charge is 1.95. The van der Waals surface area contributed by atoms with Crippen molar-refractivity contribution >= 4 is 0 Å². The third-order valence-corrected chi connectivity index (χ3v) is 1.43. The van der Waals surface area contributed by atoms with E-state index in [1.54, 1.807) is 0 Å². The number of hydrogen-bond acceptors (Lipinski definition) is 1. The zero-order valence-electron chi connectivity index (χ0n) is 6.47. The van der Waals surface area contributed by atoms with Gasteiger partial charge >= 0.3 is 0 Å². The van der Waals surface area contributed by atoms with Crippen molar-refractivity contribution in [3.8, 4) is 0 Å². The molecular weight excluding hydrogens is 124 g/mol. The van der Waals surface area contributed by atoms with Crippen molar-refractivity contribution < 1.29 is 4.74 Å². The average Bonchev–Trinajstić information content (AvgIpc) is 2.03. The lowest BCUT2D eigenvalue weighted by Crippen LogP contribution is -1.93. The van der Waals surface area contributed by atoms with Crippen molar-refractivity contribution in [2.24, 2.45) is 0 Å². The van der Waals surface area contributed by atoms with Crippen LogP contribution in [0, 0.1) is 0 Å². The maximum atomic E-state index is 5.41. The molecule has 0 unspecified atom stereocenters. The molecule has 0 aromatic rings. The molecule has 0 aromatic heterocycles. The standard InChI is InChI=1S/C9H14O/c1-2-8-10-9-6-4-3-5-7-9/h4,6-7H,2-3,5,8H2,1H3. The van der Waals surface area contributed by atoms with Gasteiger partial charge in [-0.3, -0.25) is 0 Å². The maximum Gasteiger partial charge on any atom is 0.114 e. The highest BCUT2D eigenvalue weighted by Crippen LogP contribution is 2.10. The Morgan fingerprint density at radius 1 is 1.50 bits per heavy atom. The topological polar surface area (TPSA) is 9.23 Å². The summed E-state index contributed by atoms with van der Waals surface area (Å²) >= 11 is 0. The van der Waals surface area contributed by atoms with Crippen LogP contribution >= 0.6 is 0 Å². The maximum absolute atomic E-state index is 5.41. The normalized spacial score (nSPS) is 16.7. The van der Waals surface area contributed by atoms with Crippen LogP contribution in [0.25, 0.3) is 0 Å². The Bertz CT molecular complexity index is 145. The Hall–Kier alpha value is -0.720. The molecule has 0 aromatic carbocycles. The molecule has 0 saturated heterocycles. The van der Waals surface area contributed by atoms with Crippen LogP contribution in [0.4, 0.5) is 0 Å². The van der Waals surface area contributed by atoms with Crippen LogP contribution in [-0.2, 0) is 4.74 Å². The summed E-state index contributed by atoms with van der Waals surface area (Å²) in [6.45, 7) is 2.96. The lowest BCUT2D eigenvalue weighted by Gasteiger charge is -2.07. The molecule has 10 heavy (non-hydrogen) atoms. The van der Waals surface area contributed by atoms with Gasteiger partial charge in [0.1, 0.15) is 5.76 Å². The molecule has 0 atom stereocenters. The van der Waals surface area contributed by atoms with Gasteiger partial charge in [-0.2, -0.15) is 0 Å². The lowest BCUT2D eigenvalue weighted by atomic mass is 10.2. The fraction of sp³-hybridized carbons (Fsp3) is 0.556. The second-order valence-corrected chi connectivity index (χ2v) is 2.43. The van der Waals surface area contributed by atoms with E-state index in [2.05, 4.69) is 25.2 Å². The smallest absolute Gasteiger partial charge is 0.114 e. The van der Waals surface area contributed by atoms with Crippen LogP contribution in [0.15, 0.2) is 24.0 Å². The van der Waals surface area contributed by atoms with Crippen LogP contribution in [0.2, 0.25) is 0 Å². The van der Waals surface area contributed by atoms with Gasteiger partial charge in [-0.05, 0) is 31.4 Å². The van der Waals surface area contributed by atoms with E-state index in [1.165, 1.54) is 6.42 Å². The molecule has 1 aliphatic rings. The van der Waals surface area contributed by atoms with Gasteiger partial charge in [0.15, 0.2) is 0 Å². The molecular formula is C9H14O. The van der Waals surface area contributed by atoms with Crippen LogP contribution in [0.5, 0.6) is 0 Å². The average molecular weight is 138 g/mol.